The Morgan fingerprint density at radius 3 is 2.47 bits per heavy atom. The average Bonchev–Trinajstić information content (AvgIpc) is 2.37. The van der Waals surface area contributed by atoms with Crippen molar-refractivity contribution in [3.63, 3.8) is 0 Å². The number of aromatic nitrogens is 1. The van der Waals surface area contributed by atoms with E-state index in [4.69, 9.17) is 22.1 Å². The van der Waals surface area contributed by atoms with Crippen LogP contribution in [0.3, 0.4) is 0 Å². The highest BCUT2D eigenvalue weighted by Gasteiger charge is 2.03. The van der Waals surface area contributed by atoms with Crippen molar-refractivity contribution in [1.82, 2.24) is 4.98 Å². The van der Waals surface area contributed by atoms with Crippen molar-refractivity contribution < 1.29 is 0 Å². The van der Waals surface area contributed by atoms with E-state index in [1.54, 1.807) is 24.3 Å². The van der Waals surface area contributed by atoms with Crippen molar-refractivity contribution in [2.75, 3.05) is 5.32 Å². The van der Waals surface area contributed by atoms with E-state index >= 15 is 0 Å². The van der Waals surface area contributed by atoms with E-state index in [0.29, 0.717) is 22.0 Å². The van der Waals surface area contributed by atoms with Gasteiger partial charge in [-0.25, -0.2) is 4.98 Å². The lowest BCUT2D eigenvalue weighted by Crippen LogP contribution is -1.95. The zero-order valence-corrected chi connectivity index (χ0v) is 10.9. The Labute approximate surface area is 115 Å². The molecule has 1 heterocycles. The Morgan fingerprint density at radius 1 is 1.05 bits per heavy atom. The molecular formula is C14H9ClN4. The molecule has 19 heavy (non-hydrogen) atoms. The van der Waals surface area contributed by atoms with E-state index in [0.717, 1.165) is 11.4 Å². The number of rotatable bonds is 2. The van der Waals surface area contributed by atoms with E-state index in [1.807, 2.05) is 25.1 Å². The molecule has 0 atom stereocenters. The summed E-state index contributed by atoms with van der Waals surface area (Å²) in [6.45, 7) is 1.81. The zero-order valence-electron chi connectivity index (χ0n) is 10.1. The minimum absolute atomic E-state index is 0.338. The van der Waals surface area contributed by atoms with Crippen LogP contribution in [0.25, 0.3) is 0 Å². The highest BCUT2D eigenvalue weighted by Crippen LogP contribution is 2.23. The third kappa shape index (κ3) is 3.22. The number of hydrogen-bond donors (Lipinski definition) is 1. The predicted molar refractivity (Wildman–Crippen MR) is 73.1 cm³/mol. The van der Waals surface area contributed by atoms with Crippen LogP contribution in [0, 0.1) is 29.6 Å². The van der Waals surface area contributed by atoms with Crippen molar-refractivity contribution in [1.29, 1.82) is 10.5 Å². The van der Waals surface area contributed by atoms with Crippen LogP contribution in [-0.4, -0.2) is 4.98 Å². The minimum atomic E-state index is 0.338. The number of halogens is 1. The van der Waals surface area contributed by atoms with E-state index in [9.17, 15) is 0 Å². The maximum Gasteiger partial charge on any atom is 0.142 e. The van der Waals surface area contributed by atoms with Gasteiger partial charge in [0.05, 0.1) is 11.6 Å². The standard InChI is InChI=1S/C14H9ClN4/c1-9-2-12(6-14(8-17)18-9)19-13-4-10(7-16)3-11(15)5-13/h2-6H,1H3,(H,18,19). The van der Waals surface area contributed by atoms with Crippen molar-refractivity contribution >= 4 is 23.0 Å². The highest BCUT2D eigenvalue weighted by atomic mass is 35.5. The van der Waals surface area contributed by atoms with E-state index < -0.39 is 0 Å². The molecule has 0 fully saturated rings. The van der Waals surface area contributed by atoms with Crippen LogP contribution in [0.15, 0.2) is 30.3 Å². The molecule has 0 spiro atoms. The van der Waals surface area contributed by atoms with Gasteiger partial charge < -0.3 is 5.32 Å². The van der Waals surface area contributed by atoms with Gasteiger partial charge in [-0.15, -0.1) is 0 Å². The number of aryl methyl sites for hydroxylation is 1. The zero-order chi connectivity index (χ0) is 13.8. The van der Waals surface area contributed by atoms with Crippen LogP contribution in [0.1, 0.15) is 17.0 Å². The first-order valence-electron chi connectivity index (χ1n) is 5.47. The van der Waals surface area contributed by atoms with Gasteiger partial charge in [0.25, 0.3) is 0 Å². The van der Waals surface area contributed by atoms with Crippen LogP contribution in [-0.2, 0) is 0 Å². The predicted octanol–water partition coefficient (Wildman–Crippen LogP) is 3.53. The highest BCUT2D eigenvalue weighted by molar-refractivity contribution is 6.31. The van der Waals surface area contributed by atoms with Crippen LogP contribution >= 0.6 is 11.6 Å². The summed E-state index contributed by atoms with van der Waals surface area (Å²) in [5.74, 6) is 0. The third-order valence-corrected chi connectivity index (χ3v) is 2.60. The van der Waals surface area contributed by atoms with Gasteiger partial charge in [-0.05, 0) is 37.3 Å². The average molecular weight is 269 g/mol. The molecule has 92 valence electrons. The summed E-state index contributed by atoms with van der Waals surface area (Å²) in [6.07, 6.45) is 0. The third-order valence-electron chi connectivity index (χ3n) is 2.38. The Balaban J connectivity index is 2.37. The number of nitriles is 2. The van der Waals surface area contributed by atoms with Crippen LogP contribution < -0.4 is 5.32 Å². The molecule has 0 radical (unpaired) electrons. The SMILES string of the molecule is Cc1cc(Nc2cc(Cl)cc(C#N)c2)cc(C#N)n1. The van der Waals surface area contributed by atoms with Crippen LogP contribution in [0.4, 0.5) is 11.4 Å². The van der Waals surface area contributed by atoms with Crippen molar-refractivity contribution in [3.05, 3.63) is 52.3 Å². The normalized spacial score (nSPS) is 9.47. The Bertz CT molecular complexity index is 649. The molecule has 0 aliphatic rings. The second-order valence-corrected chi connectivity index (χ2v) is 4.40. The summed E-state index contributed by atoms with van der Waals surface area (Å²) in [6, 6.07) is 12.5. The Kier molecular flexibility index (Phi) is 3.66. The van der Waals surface area contributed by atoms with Gasteiger partial charge in [-0.3, -0.25) is 0 Å². The van der Waals surface area contributed by atoms with E-state index in [1.165, 1.54) is 0 Å². The molecule has 0 amide bonds. The number of nitrogens with zero attached hydrogens (tertiary/aromatic N) is 3. The quantitative estimate of drug-likeness (QED) is 0.904. The molecule has 4 nitrogen and oxygen atoms in total. The fourth-order valence-electron chi connectivity index (χ4n) is 1.69. The molecule has 0 bridgehead atoms. The second-order valence-electron chi connectivity index (χ2n) is 3.96. The number of nitrogens with one attached hydrogen (secondary N) is 1. The lowest BCUT2D eigenvalue weighted by molar-refractivity contribution is 1.17. The number of anilines is 2. The largest absolute Gasteiger partial charge is 0.355 e. The smallest absolute Gasteiger partial charge is 0.142 e. The first kappa shape index (κ1) is 12.9. The van der Waals surface area contributed by atoms with Gasteiger partial charge in [-0.2, -0.15) is 10.5 Å². The molecule has 5 heteroatoms. The van der Waals surface area contributed by atoms with Gasteiger partial charge in [-0.1, -0.05) is 11.6 Å². The summed E-state index contributed by atoms with van der Waals surface area (Å²) in [5.41, 5.74) is 2.98. The number of benzene rings is 1. The molecule has 0 saturated carbocycles. The van der Waals surface area contributed by atoms with E-state index in [-0.39, 0.29) is 0 Å². The summed E-state index contributed by atoms with van der Waals surface area (Å²) in [7, 11) is 0. The van der Waals surface area contributed by atoms with Crippen LogP contribution in [0.5, 0.6) is 0 Å². The molecule has 0 aliphatic carbocycles. The van der Waals surface area contributed by atoms with Crippen LogP contribution in [0.2, 0.25) is 5.02 Å². The Hall–Kier alpha value is -2.56. The molecule has 2 aromatic rings. The minimum Gasteiger partial charge on any atom is -0.355 e. The van der Waals surface area contributed by atoms with Gasteiger partial charge >= 0.3 is 0 Å². The molecule has 1 N–H and O–H groups in total. The maximum absolute atomic E-state index is 8.89. The molecule has 2 rings (SSSR count). The number of hydrogen-bond acceptors (Lipinski definition) is 4. The lowest BCUT2D eigenvalue weighted by atomic mass is 10.2. The summed E-state index contributed by atoms with van der Waals surface area (Å²) in [4.78, 5) is 4.07. The van der Waals surface area contributed by atoms with Crippen molar-refractivity contribution in [3.8, 4) is 12.1 Å². The van der Waals surface area contributed by atoms with Crippen molar-refractivity contribution in [2.45, 2.75) is 6.92 Å². The van der Waals surface area contributed by atoms with Gasteiger partial charge in [0, 0.05) is 22.1 Å². The molecule has 0 saturated heterocycles. The monoisotopic (exact) mass is 268 g/mol. The lowest BCUT2D eigenvalue weighted by Gasteiger charge is -2.08. The fraction of sp³-hybridized carbons (Fsp3) is 0.0714. The summed E-state index contributed by atoms with van der Waals surface area (Å²) >= 11 is 5.93. The van der Waals surface area contributed by atoms with Gasteiger partial charge in [0.1, 0.15) is 11.8 Å². The summed E-state index contributed by atoms with van der Waals surface area (Å²) < 4.78 is 0. The first-order chi connectivity index (χ1) is 9.10. The fourth-order valence-corrected chi connectivity index (χ4v) is 1.93. The molecule has 0 aliphatic heterocycles. The topological polar surface area (TPSA) is 72.5 Å². The van der Waals surface area contributed by atoms with Crippen molar-refractivity contribution in [2.24, 2.45) is 0 Å². The van der Waals surface area contributed by atoms with E-state index in [2.05, 4.69) is 10.3 Å². The Morgan fingerprint density at radius 2 is 1.79 bits per heavy atom. The molecule has 0 unspecified atom stereocenters. The summed E-state index contributed by atoms with van der Waals surface area (Å²) in [5, 5.41) is 21.4. The molecule has 1 aromatic carbocycles. The molecule has 1 aromatic heterocycles. The second kappa shape index (κ2) is 5.39. The molecular weight excluding hydrogens is 260 g/mol. The van der Waals surface area contributed by atoms with Gasteiger partial charge in [0.15, 0.2) is 0 Å². The maximum atomic E-state index is 8.89. The van der Waals surface area contributed by atoms with Gasteiger partial charge in [0.2, 0.25) is 0 Å². The first-order valence-corrected chi connectivity index (χ1v) is 5.85. The number of pyridine rings is 1.